The Morgan fingerprint density at radius 1 is 1.15 bits per heavy atom. The van der Waals surface area contributed by atoms with Gasteiger partial charge in [-0.2, -0.15) is 0 Å². The van der Waals surface area contributed by atoms with Crippen LogP contribution in [0.4, 0.5) is 4.39 Å². The fourth-order valence-electron chi connectivity index (χ4n) is 2.15. The Morgan fingerprint density at radius 3 is 2.35 bits per heavy atom. The molecule has 106 valence electrons. The van der Waals surface area contributed by atoms with E-state index in [2.05, 4.69) is 4.98 Å². The number of aromatic amines is 1. The van der Waals surface area contributed by atoms with Gasteiger partial charge in [-0.15, -0.1) is 0 Å². The molecule has 1 saturated heterocycles. The summed E-state index contributed by atoms with van der Waals surface area (Å²) < 4.78 is 30.8. The van der Waals surface area contributed by atoms with Crippen molar-refractivity contribution in [3.63, 3.8) is 0 Å². The smallest absolute Gasteiger partial charge is 0.405 e. The molecule has 0 amide bonds. The third-order valence-electron chi connectivity index (χ3n) is 4.07. The molecule has 1 aromatic carbocycles. The number of H-pyrrole nitrogens is 1. The summed E-state index contributed by atoms with van der Waals surface area (Å²) in [6.45, 7) is 7.55. The van der Waals surface area contributed by atoms with E-state index < -0.39 is 29.9 Å². The van der Waals surface area contributed by atoms with E-state index in [-0.39, 0.29) is 11.0 Å². The van der Waals surface area contributed by atoms with Crippen molar-refractivity contribution in [2.75, 3.05) is 0 Å². The zero-order valence-corrected chi connectivity index (χ0v) is 11.7. The summed E-state index contributed by atoms with van der Waals surface area (Å²) >= 11 is 0. The topological polar surface area (TPSA) is 64.5 Å². The van der Waals surface area contributed by atoms with Crippen LogP contribution in [0.5, 0.6) is 0 Å². The van der Waals surface area contributed by atoms with E-state index in [0.717, 1.165) is 0 Å². The number of hydrogen-bond donors (Lipinski definition) is 1. The SMILES string of the molecule is CC1(C)OB(c2ccc3[nH]c(=O)oc3c2F)OC1(C)C. The maximum Gasteiger partial charge on any atom is 0.498 e. The van der Waals surface area contributed by atoms with Crippen LogP contribution in [-0.4, -0.2) is 23.3 Å². The highest BCUT2D eigenvalue weighted by atomic mass is 19.1. The van der Waals surface area contributed by atoms with E-state index >= 15 is 0 Å². The summed E-state index contributed by atoms with van der Waals surface area (Å²) in [6.07, 6.45) is 0. The molecule has 5 nitrogen and oxygen atoms in total. The number of benzene rings is 1. The van der Waals surface area contributed by atoms with E-state index in [4.69, 9.17) is 13.7 Å². The van der Waals surface area contributed by atoms with Crippen molar-refractivity contribution < 1.29 is 18.1 Å². The predicted octanol–water partition coefficient (Wildman–Crippen LogP) is 1.56. The van der Waals surface area contributed by atoms with Crippen LogP contribution in [-0.2, 0) is 9.31 Å². The van der Waals surface area contributed by atoms with Gasteiger partial charge in [-0.05, 0) is 33.8 Å². The van der Waals surface area contributed by atoms with Crippen LogP contribution >= 0.6 is 0 Å². The molecule has 0 atom stereocenters. The summed E-state index contributed by atoms with van der Waals surface area (Å²) in [6, 6.07) is 3.11. The molecule has 0 radical (unpaired) electrons. The third kappa shape index (κ3) is 1.81. The summed E-state index contributed by atoms with van der Waals surface area (Å²) in [5.74, 6) is -1.33. The van der Waals surface area contributed by atoms with Crippen molar-refractivity contribution in [2.45, 2.75) is 38.9 Å². The monoisotopic (exact) mass is 279 g/mol. The lowest BCUT2D eigenvalue weighted by Gasteiger charge is -2.32. The number of aromatic nitrogens is 1. The van der Waals surface area contributed by atoms with Gasteiger partial charge < -0.3 is 13.7 Å². The number of fused-ring (bicyclic) bond motifs is 1. The molecule has 1 aliphatic rings. The van der Waals surface area contributed by atoms with Crippen molar-refractivity contribution in [1.29, 1.82) is 0 Å². The van der Waals surface area contributed by atoms with Crippen molar-refractivity contribution >= 4 is 23.7 Å². The molecule has 0 spiro atoms. The Kier molecular flexibility index (Phi) is 2.65. The Hall–Kier alpha value is -1.60. The molecule has 1 aromatic heterocycles. The quantitative estimate of drug-likeness (QED) is 0.804. The Morgan fingerprint density at radius 2 is 1.75 bits per heavy atom. The second-order valence-corrected chi connectivity index (χ2v) is 5.95. The molecule has 2 aromatic rings. The normalized spacial score (nSPS) is 20.8. The van der Waals surface area contributed by atoms with Gasteiger partial charge in [0.15, 0.2) is 11.4 Å². The first-order chi connectivity index (χ1) is 9.21. The fraction of sp³-hybridized carbons (Fsp3) is 0.462. The molecule has 0 aliphatic carbocycles. The summed E-state index contributed by atoms with van der Waals surface area (Å²) in [7, 11) is -0.829. The lowest BCUT2D eigenvalue weighted by Crippen LogP contribution is -2.41. The third-order valence-corrected chi connectivity index (χ3v) is 4.07. The highest BCUT2D eigenvalue weighted by Gasteiger charge is 2.52. The van der Waals surface area contributed by atoms with Gasteiger partial charge in [0.25, 0.3) is 0 Å². The minimum Gasteiger partial charge on any atom is -0.405 e. The minimum absolute atomic E-state index is 0.109. The molecule has 7 heteroatoms. The molecular weight excluding hydrogens is 264 g/mol. The van der Waals surface area contributed by atoms with Crippen LogP contribution in [0, 0.1) is 5.82 Å². The van der Waals surface area contributed by atoms with Gasteiger partial charge in [0.05, 0.1) is 16.7 Å². The highest BCUT2D eigenvalue weighted by molar-refractivity contribution is 6.62. The van der Waals surface area contributed by atoms with Crippen molar-refractivity contribution in [1.82, 2.24) is 4.98 Å². The van der Waals surface area contributed by atoms with Gasteiger partial charge in [0.2, 0.25) is 0 Å². The number of halogens is 1. The molecule has 1 aliphatic heterocycles. The number of nitrogens with one attached hydrogen (secondary N) is 1. The number of rotatable bonds is 1. The second-order valence-electron chi connectivity index (χ2n) is 5.95. The summed E-state index contributed by atoms with van der Waals surface area (Å²) in [4.78, 5) is 13.5. The molecule has 3 rings (SSSR count). The van der Waals surface area contributed by atoms with E-state index in [1.807, 2.05) is 27.7 Å². The van der Waals surface area contributed by atoms with Crippen molar-refractivity contribution in [2.24, 2.45) is 0 Å². The van der Waals surface area contributed by atoms with Crippen LogP contribution in [0.15, 0.2) is 21.3 Å². The maximum atomic E-state index is 14.4. The molecule has 0 bridgehead atoms. The predicted molar refractivity (Wildman–Crippen MR) is 72.5 cm³/mol. The van der Waals surface area contributed by atoms with E-state index in [1.54, 1.807) is 6.07 Å². The largest absolute Gasteiger partial charge is 0.498 e. The minimum atomic E-state index is -0.829. The van der Waals surface area contributed by atoms with E-state index in [1.165, 1.54) is 6.07 Å². The van der Waals surface area contributed by atoms with Gasteiger partial charge in [-0.25, -0.2) is 9.18 Å². The molecule has 1 fully saturated rings. The van der Waals surface area contributed by atoms with Crippen LogP contribution in [0.3, 0.4) is 0 Å². The van der Waals surface area contributed by atoms with Crippen molar-refractivity contribution in [3.05, 3.63) is 28.5 Å². The van der Waals surface area contributed by atoms with Gasteiger partial charge in [-0.1, -0.05) is 6.07 Å². The van der Waals surface area contributed by atoms with Gasteiger partial charge >= 0.3 is 12.9 Å². The van der Waals surface area contributed by atoms with Gasteiger partial charge in [0.1, 0.15) is 0 Å². The molecule has 0 saturated carbocycles. The zero-order chi connectivity index (χ0) is 14.7. The van der Waals surface area contributed by atoms with Crippen LogP contribution in [0.1, 0.15) is 27.7 Å². The Balaban J connectivity index is 2.08. The number of hydrogen-bond acceptors (Lipinski definition) is 4. The second kappa shape index (κ2) is 3.96. The average Bonchev–Trinajstić information content (AvgIpc) is 2.78. The first kappa shape index (κ1) is 13.4. The Labute approximate surface area is 115 Å². The number of oxazole rings is 1. The zero-order valence-electron chi connectivity index (χ0n) is 11.7. The summed E-state index contributed by atoms with van der Waals surface area (Å²) in [5.41, 5.74) is -0.690. The standard InChI is InChI=1S/C13H15BFNO4/c1-12(2)13(3,4)20-14(19-12)7-5-6-8-10(9(7)15)18-11(17)16-8/h5-6H,1-4H3,(H,16,17). The first-order valence-corrected chi connectivity index (χ1v) is 6.38. The van der Waals surface area contributed by atoms with E-state index in [0.29, 0.717) is 5.52 Å². The molecule has 0 unspecified atom stereocenters. The highest BCUT2D eigenvalue weighted by Crippen LogP contribution is 2.36. The van der Waals surface area contributed by atoms with Gasteiger partial charge in [-0.3, -0.25) is 4.98 Å². The fourth-order valence-corrected chi connectivity index (χ4v) is 2.15. The molecule has 20 heavy (non-hydrogen) atoms. The summed E-state index contributed by atoms with van der Waals surface area (Å²) in [5, 5.41) is 0. The van der Waals surface area contributed by atoms with Crippen LogP contribution in [0.25, 0.3) is 11.1 Å². The molecule has 2 heterocycles. The van der Waals surface area contributed by atoms with E-state index in [9.17, 15) is 9.18 Å². The Bertz CT molecular complexity index is 718. The molecular formula is C13H15BFNO4. The average molecular weight is 279 g/mol. The molecule has 1 N–H and O–H groups in total. The van der Waals surface area contributed by atoms with Gasteiger partial charge in [0, 0.05) is 5.46 Å². The van der Waals surface area contributed by atoms with Crippen LogP contribution in [0.2, 0.25) is 0 Å². The maximum absolute atomic E-state index is 14.4. The van der Waals surface area contributed by atoms with Crippen LogP contribution < -0.4 is 11.2 Å². The first-order valence-electron chi connectivity index (χ1n) is 6.38. The lowest BCUT2D eigenvalue weighted by atomic mass is 9.78. The lowest BCUT2D eigenvalue weighted by molar-refractivity contribution is 0.00578. The van der Waals surface area contributed by atoms with Crippen molar-refractivity contribution in [3.8, 4) is 0 Å².